The van der Waals surface area contributed by atoms with Crippen molar-refractivity contribution in [3.8, 4) is 0 Å². The van der Waals surface area contributed by atoms with Gasteiger partial charge in [-0.2, -0.15) is 12.6 Å². The second-order valence-corrected chi connectivity index (χ2v) is 6.99. The third-order valence-corrected chi connectivity index (χ3v) is 5.89. The van der Waals surface area contributed by atoms with Gasteiger partial charge in [0.2, 0.25) is 0 Å². The van der Waals surface area contributed by atoms with E-state index in [1.54, 1.807) is 0 Å². The van der Waals surface area contributed by atoms with E-state index in [0.717, 1.165) is 0 Å². The molecule has 2 heteroatoms. The molecular formula is C16H18S2. The minimum absolute atomic E-state index is 0.565. The van der Waals surface area contributed by atoms with Gasteiger partial charge in [-0.05, 0) is 35.7 Å². The van der Waals surface area contributed by atoms with Gasteiger partial charge in [0.05, 0.1) is 0 Å². The molecule has 94 valence electrons. The Bertz CT molecular complexity index is 535. The summed E-state index contributed by atoms with van der Waals surface area (Å²) in [7, 11) is 0. The summed E-state index contributed by atoms with van der Waals surface area (Å²) in [5.74, 6) is 0. The predicted molar refractivity (Wildman–Crippen MR) is 84.8 cm³/mol. The van der Waals surface area contributed by atoms with Crippen LogP contribution in [0.2, 0.25) is 0 Å². The molecule has 0 aliphatic heterocycles. The van der Waals surface area contributed by atoms with Crippen molar-refractivity contribution in [2.24, 2.45) is 0 Å². The summed E-state index contributed by atoms with van der Waals surface area (Å²) >= 11 is 6.75. The molecule has 18 heavy (non-hydrogen) atoms. The maximum absolute atomic E-state index is 4.74. The highest BCUT2D eigenvalue weighted by atomic mass is 32.2. The Hall–Kier alpha value is -0.600. The molecule has 0 saturated heterocycles. The van der Waals surface area contributed by atoms with E-state index in [0.29, 0.717) is 10.5 Å². The van der Waals surface area contributed by atoms with Crippen molar-refractivity contribution in [1.29, 1.82) is 0 Å². The molecule has 0 bridgehead atoms. The van der Waals surface area contributed by atoms with Gasteiger partial charge in [0.15, 0.2) is 0 Å². The highest BCUT2D eigenvalue weighted by Crippen LogP contribution is 2.37. The summed E-state index contributed by atoms with van der Waals surface area (Å²) in [5.41, 5.74) is 0. The van der Waals surface area contributed by atoms with E-state index < -0.39 is 0 Å². The van der Waals surface area contributed by atoms with Gasteiger partial charge < -0.3 is 0 Å². The normalized spacial score (nSPS) is 24.3. The van der Waals surface area contributed by atoms with Gasteiger partial charge in [-0.25, -0.2) is 0 Å². The third-order valence-electron chi connectivity index (χ3n) is 3.68. The van der Waals surface area contributed by atoms with Crippen molar-refractivity contribution in [2.45, 2.75) is 41.1 Å². The average Bonchev–Trinajstić information content (AvgIpc) is 2.41. The van der Waals surface area contributed by atoms with Crippen LogP contribution in [0.3, 0.4) is 0 Å². The van der Waals surface area contributed by atoms with Crippen LogP contribution < -0.4 is 0 Å². The van der Waals surface area contributed by atoms with Crippen LogP contribution in [0.5, 0.6) is 0 Å². The summed E-state index contributed by atoms with van der Waals surface area (Å²) < 4.78 is 0. The summed E-state index contributed by atoms with van der Waals surface area (Å²) in [4.78, 5) is 1.39. The molecule has 2 aromatic carbocycles. The van der Waals surface area contributed by atoms with Crippen molar-refractivity contribution < 1.29 is 0 Å². The maximum atomic E-state index is 4.74. The molecule has 0 unspecified atom stereocenters. The Morgan fingerprint density at radius 3 is 2.56 bits per heavy atom. The number of benzene rings is 2. The quantitative estimate of drug-likeness (QED) is 0.737. The van der Waals surface area contributed by atoms with Crippen molar-refractivity contribution in [1.82, 2.24) is 0 Å². The first-order valence-electron chi connectivity index (χ1n) is 6.66. The number of fused-ring (bicyclic) bond motifs is 1. The van der Waals surface area contributed by atoms with Crippen LogP contribution in [0.15, 0.2) is 47.4 Å². The number of thioether (sulfide) groups is 1. The molecule has 0 aromatic heterocycles. The standard InChI is InChI=1S/C16H18S2/c17-15-7-3-4-8-16(15)18-14-10-9-12-5-1-2-6-13(12)11-14/h1-2,5-6,9-11,15-17H,3-4,7-8H2/t15-,16-/m0/s1. The fourth-order valence-corrected chi connectivity index (χ4v) is 4.41. The van der Waals surface area contributed by atoms with E-state index in [1.165, 1.54) is 41.4 Å². The molecule has 3 rings (SSSR count). The van der Waals surface area contributed by atoms with Crippen LogP contribution in [0.1, 0.15) is 25.7 Å². The summed E-state index contributed by atoms with van der Waals surface area (Å²) in [6.45, 7) is 0. The van der Waals surface area contributed by atoms with Gasteiger partial charge in [0.1, 0.15) is 0 Å². The molecule has 0 amide bonds. The molecule has 0 N–H and O–H groups in total. The Morgan fingerprint density at radius 2 is 1.72 bits per heavy atom. The molecule has 1 aliphatic rings. The summed E-state index contributed by atoms with van der Waals surface area (Å²) in [6.07, 6.45) is 5.30. The topological polar surface area (TPSA) is 0 Å². The average molecular weight is 274 g/mol. The zero-order valence-corrected chi connectivity index (χ0v) is 12.1. The number of rotatable bonds is 2. The van der Waals surface area contributed by atoms with E-state index >= 15 is 0 Å². The number of hydrogen-bond donors (Lipinski definition) is 1. The van der Waals surface area contributed by atoms with E-state index in [-0.39, 0.29) is 0 Å². The van der Waals surface area contributed by atoms with Crippen LogP contribution in [-0.4, -0.2) is 10.5 Å². The minimum atomic E-state index is 0.565. The lowest BCUT2D eigenvalue weighted by atomic mass is 10.00. The fourth-order valence-electron chi connectivity index (χ4n) is 2.63. The fraction of sp³-hybridized carbons (Fsp3) is 0.375. The van der Waals surface area contributed by atoms with Crippen molar-refractivity contribution >= 4 is 35.2 Å². The van der Waals surface area contributed by atoms with Crippen LogP contribution in [0.25, 0.3) is 10.8 Å². The zero-order valence-electron chi connectivity index (χ0n) is 10.4. The highest BCUT2D eigenvalue weighted by Gasteiger charge is 2.22. The third kappa shape index (κ3) is 2.70. The molecule has 1 fully saturated rings. The predicted octanol–water partition coefficient (Wildman–Crippen LogP) is 5.17. The second kappa shape index (κ2) is 5.58. The lowest BCUT2D eigenvalue weighted by Crippen LogP contribution is -2.21. The van der Waals surface area contributed by atoms with Crippen molar-refractivity contribution in [3.05, 3.63) is 42.5 Å². The Balaban J connectivity index is 1.81. The smallest absolute Gasteiger partial charge is 0.0211 e. The van der Waals surface area contributed by atoms with Crippen LogP contribution >= 0.6 is 24.4 Å². The maximum Gasteiger partial charge on any atom is 0.0211 e. The first-order valence-corrected chi connectivity index (χ1v) is 8.06. The first-order chi connectivity index (χ1) is 8.83. The molecule has 0 spiro atoms. The zero-order chi connectivity index (χ0) is 12.4. The van der Waals surface area contributed by atoms with Gasteiger partial charge in [-0.15, -0.1) is 11.8 Å². The minimum Gasteiger partial charge on any atom is -0.175 e. The van der Waals surface area contributed by atoms with Crippen molar-refractivity contribution in [3.63, 3.8) is 0 Å². The van der Waals surface area contributed by atoms with Crippen LogP contribution in [0.4, 0.5) is 0 Å². The molecular weight excluding hydrogens is 256 g/mol. The van der Waals surface area contributed by atoms with Crippen LogP contribution in [0, 0.1) is 0 Å². The summed E-state index contributed by atoms with van der Waals surface area (Å²) in [6, 6.07) is 15.4. The Labute approximate surface area is 119 Å². The highest BCUT2D eigenvalue weighted by molar-refractivity contribution is 8.00. The second-order valence-electron chi connectivity index (χ2n) is 5.02. The van der Waals surface area contributed by atoms with E-state index in [9.17, 15) is 0 Å². The van der Waals surface area contributed by atoms with Crippen LogP contribution in [-0.2, 0) is 0 Å². The molecule has 1 aliphatic carbocycles. The van der Waals surface area contributed by atoms with Gasteiger partial charge in [-0.1, -0.05) is 43.2 Å². The Morgan fingerprint density at radius 1 is 0.944 bits per heavy atom. The first kappa shape index (κ1) is 12.4. The molecule has 2 aromatic rings. The molecule has 0 radical (unpaired) electrons. The van der Waals surface area contributed by atoms with Gasteiger partial charge in [0.25, 0.3) is 0 Å². The molecule has 2 atom stereocenters. The lowest BCUT2D eigenvalue weighted by molar-refractivity contribution is 0.529. The van der Waals surface area contributed by atoms with Gasteiger partial charge in [-0.3, -0.25) is 0 Å². The largest absolute Gasteiger partial charge is 0.175 e. The van der Waals surface area contributed by atoms with E-state index in [1.807, 2.05) is 11.8 Å². The molecule has 0 nitrogen and oxygen atoms in total. The van der Waals surface area contributed by atoms with E-state index in [4.69, 9.17) is 12.6 Å². The summed E-state index contributed by atoms with van der Waals surface area (Å²) in [5, 5.41) is 3.92. The molecule has 0 heterocycles. The van der Waals surface area contributed by atoms with Crippen molar-refractivity contribution in [2.75, 3.05) is 0 Å². The van der Waals surface area contributed by atoms with Gasteiger partial charge >= 0.3 is 0 Å². The molecule has 1 saturated carbocycles. The number of hydrogen-bond acceptors (Lipinski definition) is 2. The lowest BCUT2D eigenvalue weighted by Gasteiger charge is -2.27. The Kier molecular flexibility index (Phi) is 3.86. The SMILES string of the molecule is S[C@H]1CCCC[C@@H]1Sc1ccc2ccccc2c1. The number of thiol groups is 1. The monoisotopic (exact) mass is 274 g/mol. The van der Waals surface area contributed by atoms with Gasteiger partial charge in [0, 0.05) is 15.4 Å². The van der Waals surface area contributed by atoms with E-state index in [2.05, 4.69) is 42.5 Å².